The Morgan fingerprint density at radius 1 is 1.12 bits per heavy atom. The summed E-state index contributed by atoms with van der Waals surface area (Å²) in [4.78, 5) is 12.9. The summed E-state index contributed by atoms with van der Waals surface area (Å²) in [5.41, 5.74) is 1.03. The van der Waals surface area contributed by atoms with E-state index in [0.29, 0.717) is 5.92 Å². The Hall–Kier alpha value is -1.47. The second kappa shape index (κ2) is 8.27. The summed E-state index contributed by atoms with van der Waals surface area (Å²) in [5.74, 6) is 0.134. The molecule has 25 heavy (non-hydrogen) atoms. The summed E-state index contributed by atoms with van der Waals surface area (Å²) in [6.45, 7) is -0.0268. The molecule has 3 rings (SSSR count). The Bertz CT molecular complexity index is 562. The number of benzene rings is 1. The molecule has 1 unspecified atom stereocenters. The number of hydrogen-bond donors (Lipinski definition) is 5. The van der Waals surface area contributed by atoms with Crippen LogP contribution in [0.1, 0.15) is 37.2 Å². The molecule has 138 valence electrons. The fourth-order valence-electron chi connectivity index (χ4n) is 4.20. The van der Waals surface area contributed by atoms with Crippen LogP contribution in [0.4, 0.5) is 0 Å². The number of nitrogens with one attached hydrogen (secondary N) is 2. The zero-order chi connectivity index (χ0) is 17.8. The molecule has 0 aromatic heterocycles. The van der Waals surface area contributed by atoms with Crippen molar-refractivity contribution in [1.82, 2.24) is 10.6 Å². The van der Waals surface area contributed by atoms with E-state index < -0.39 is 24.3 Å². The van der Waals surface area contributed by atoms with Gasteiger partial charge in [0.05, 0.1) is 36.8 Å². The van der Waals surface area contributed by atoms with Gasteiger partial charge in [0.1, 0.15) is 0 Å². The number of amides is 1. The maximum atomic E-state index is 12.9. The molecule has 0 spiro atoms. The van der Waals surface area contributed by atoms with Crippen LogP contribution in [0.15, 0.2) is 30.3 Å². The highest BCUT2D eigenvalue weighted by molar-refractivity contribution is 5.84. The van der Waals surface area contributed by atoms with Crippen molar-refractivity contribution in [1.29, 1.82) is 0 Å². The van der Waals surface area contributed by atoms with Crippen LogP contribution >= 0.6 is 0 Å². The minimum Gasteiger partial charge on any atom is -0.395 e. The van der Waals surface area contributed by atoms with E-state index in [-0.39, 0.29) is 25.0 Å². The third-order valence-electron chi connectivity index (χ3n) is 5.61. The lowest BCUT2D eigenvalue weighted by molar-refractivity contribution is -0.124. The Labute approximate surface area is 148 Å². The molecule has 1 heterocycles. The van der Waals surface area contributed by atoms with Gasteiger partial charge < -0.3 is 26.0 Å². The topological polar surface area (TPSA) is 102 Å². The van der Waals surface area contributed by atoms with Gasteiger partial charge in [0.2, 0.25) is 5.91 Å². The van der Waals surface area contributed by atoms with Gasteiger partial charge in [-0.15, -0.1) is 0 Å². The quantitative estimate of drug-likeness (QED) is 0.503. The standard InChI is InChI=1S/C19H28N2O4/c22-11-15-18(24)17(23)14(21-15)10-20-19(25)16(13-8-4-5-9-13)12-6-2-1-3-7-12/h1-3,6-7,13-18,21-24H,4-5,8-11H2,(H,20,25)/t14-,15+,16?,17+,18-/m0/s1. The van der Waals surface area contributed by atoms with Crippen LogP contribution in [-0.4, -0.2) is 58.7 Å². The predicted octanol–water partition coefficient (Wildman–Crippen LogP) is 0.131. The molecule has 1 aromatic rings. The van der Waals surface area contributed by atoms with Crippen LogP contribution in [0.5, 0.6) is 0 Å². The molecule has 0 radical (unpaired) electrons. The van der Waals surface area contributed by atoms with E-state index in [1.165, 1.54) is 0 Å². The van der Waals surface area contributed by atoms with Crippen molar-refractivity contribution < 1.29 is 20.1 Å². The Kier molecular flexibility index (Phi) is 6.06. The predicted molar refractivity (Wildman–Crippen MR) is 94.0 cm³/mol. The zero-order valence-corrected chi connectivity index (χ0v) is 14.3. The maximum absolute atomic E-state index is 12.9. The van der Waals surface area contributed by atoms with E-state index in [9.17, 15) is 20.1 Å². The fourth-order valence-corrected chi connectivity index (χ4v) is 4.20. The van der Waals surface area contributed by atoms with Crippen LogP contribution in [0, 0.1) is 5.92 Å². The average Bonchev–Trinajstić information content (AvgIpc) is 3.24. The SMILES string of the molecule is O=C(NC[C@@H]1N[C@H](CO)[C@H](O)[C@@H]1O)C(c1ccccc1)C1CCCC1. The molecule has 1 aliphatic carbocycles. The number of carbonyl (C=O) groups excluding carboxylic acids is 1. The average molecular weight is 348 g/mol. The largest absolute Gasteiger partial charge is 0.395 e. The molecular formula is C19H28N2O4. The van der Waals surface area contributed by atoms with Gasteiger partial charge >= 0.3 is 0 Å². The van der Waals surface area contributed by atoms with Crippen LogP contribution in [0.25, 0.3) is 0 Å². The first kappa shape index (κ1) is 18.3. The lowest BCUT2D eigenvalue weighted by Crippen LogP contribution is -2.46. The van der Waals surface area contributed by atoms with Gasteiger partial charge in [0.15, 0.2) is 0 Å². The summed E-state index contributed by atoms with van der Waals surface area (Å²) in [5, 5.41) is 35.1. The maximum Gasteiger partial charge on any atom is 0.227 e. The van der Waals surface area contributed by atoms with E-state index >= 15 is 0 Å². The highest BCUT2D eigenvalue weighted by atomic mass is 16.3. The molecule has 1 amide bonds. The van der Waals surface area contributed by atoms with Crippen molar-refractivity contribution in [3.8, 4) is 0 Å². The molecule has 0 bridgehead atoms. The van der Waals surface area contributed by atoms with Crippen molar-refractivity contribution >= 4 is 5.91 Å². The van der Waals surface area contributed by atoms with E-state index in [1.54, 1.807) is 0 Å². The van der Waals surface area contributed by atoms with Gasteiger partial charge in [-0.1, -0.05) is 43.2 Å². The number of aliphatic hydroxyl groups is 3. The van der Waals surface area contributed by atoms with Gasteiger partial charge in [-0.05, 0) is 24.3 Å². The molecule has 2 aliphatic rings. The van der Waals surface area contributed by atoms with Gasteiger partial charge in [0, 0.05) is 6.54 Å². The normalized spacial score (nSPS) is 31.2. The molecule has 1 saturated carbocycles. The van der Waals surface area contributed by atoms with Crippen LogP contribution in [0.3, 0.4) is 0 Å². The second-order valence-electron chi connectivity index (χ2n) is 7.22. The minimum absolute atomic E-state index is 0.0333. The first-order valence-corrected chi connectivity index (χ1v) is 9.17. The van der Waals surface area contributed by atoms with Gasteiger partial charge in [-0.3, -0.25) is 4.79 Å². The van der Waals surface area contributed by atoms with Gasteiger partial charge in [0.25, 0.3) is 0 Å². The number of aliphatic hydroxyl groups excluding tert-OH is 3. The van der Waals surface area contributed by atoms with E-state index in [1.807, 2.05) is 30.3 Å². The summed E-state index contributed by atoms with van der Waals surface area (Å²) in [6, 6.07) is 8.83. The molecular weight excluding hydrogens is 320 g/mol. The van der Waals surface area contributed by atoms with E-state index in [0.717, 1.165) is 31.2 Å². The Morgan fingerprint density at radius 3 is 2.36 bits per heavy atom. The van der Waals surface area contributed by atoms with Crippen LogP contribution in [0.2, 0.25) is 0 Å². The van der Waals surface area contributed by atoms with Gasteiger partial charge in [-0.2, -0.15) is 0 Å². The van der Waals surface area contributed by atoms with E-state index in [4.69, 9.17) is 0 Å². The molecule has 1 aliphatic heterocycles. The summed E-state index contributed by atoms with van der Waals surface area (Å²) in [6.07, 6.45) is 2.42. The monoisotopic (exact) mass is 348 g/mol. The third kappa shape index (κ3) is 4.03. The highest BCUT2D eigenvalue weighted by Crippen LogP contribution is 2.37. The van der Waals surface area contributed by atoms with Crippen molar-refractivity contribution in [2.75, 3.05) is 13.2 Å². The minimum atomic E-state index is -1.02. The van der Waals surface area contributed by atoms with Crippen molar-refractivity contribution in [2.45, 2.75) is 55.9 Å². The Morgan fingerprint density at radius 2 is 1.76 bits per heavy atom. The van der Waals surface area contributed by atoms with Crippen LogP contribution < -0.4 is 10.6 Å². The number of carbonyl (C=O) groups is 1. The fraction of sp³-hybridized carbons (Fsp3) is 0.632. The molecule has 6 nitrogen and oxygen atoms in total. The number of rotatable bonds is 6. The molecule has 1 saturated heterocycles. The molecule has 5 N–H and O–H groups in total. The highest BCUT2D eigenvalue weighted by Gasteiger charge is 2.41. The molecule has 1 aromatic carbocycles. The van der Waals surface area contributed by atoms with Crippen molar-refractivity contribution in [3.63, 3.8) is 0 Å². The molecule has 5 atom stereocenters. The van der Waals surface area contributed by atoms with Crippen molar-refractivity contribution in [3.05, 3.63) is 35.9 Å². The summed E-state index contributed by atoms with van der Waals surface area (Å²) in [7, 11) is 0. The van der Waals surface area contributed by atoms with E-state index in [2.05, 4.69) is 10.6 Å². The van der Waals surface area contributed by atoms with Crippen molar-refractivity contribution in [2.24, 2.45) is 5.92 Å². The molecule has 2 fully saturated rings. The lowest BCUT2D eigenvalue weighted by Gasteiger charge is -2.25. The summed E-state index contributed by atoms with van der Waals surface area (Å²) < 4.78 is 0. The van der Waals surface area contributed by atoms with Crippen LogP contribution in [-0.2, 0) is 4.79 Å². The first-order chi connectivity index (χ1) is 12.1. The third-order valence-corrected chi connectivity index (χ3v) is 5.61. The smallest absolute Gasteiger partial charge is 0.227 e. The first-order valence-electron chi connectivity index (χ1n) is 9.17. The number of hydrogen-bond acceptors (Lipinski definition) is 5. The zero-order valence-electron chi connectivity index (χ0n) is 14.3. The lowest BCUT2D eigenvalue weighted by atomic mass is 9.84. The molecule has 6 heteroatoms. The Balaban J connectivity index is 1.65. The summed E-state index contributed by atoms with van der Waals surface area (Å²) >= 11 is 0. The van der Waals surface area contributed by atoms with Gasteiger partial charge in [-0.25, -0.2) is 0 Å². The second-order valence-corrected chi connectivity index (χ2v) is 7.22.